The summed E-state index contributed by atoms with van der Waals surface area (Å²) >= 11 is 0. The third-order valence-corrected chi connectivity index (χ3v) is 4.76. The molecule has 0 saturated heterocycles. The normalized spacial score (nSPS) is 9.51. The summed E-state index contributed by atoms with van der Waals surface area (Å²) in [4.78, 5) is 49.5. The molecular formula is C27H25N5O5. The maximum atomic E-state index is 12.4. The lowest BCUT2D eigenvalue weighted by Crippen LogP contribution is -2.23. The number of carbonyl (C=O) groups is 2. The van der Waals surface area contributed by atoms with Crippen LogP contribution in [0, 0.1) is 0 Å². The Morgan fingerprint density at radius 2 is 1.59 bits per heavy atom. The van der Waals surface area contributed by atoms with Crippen LogP contribution < -0.4 is 21.5 Å². The molecule has 0 radical (unpaired) electrons. The molecule has 1 aromatic heterocycles. The maximum absolute atomic E-state index is 12.4. The van der Waals surface area contributed by atoms with Crippen molar-refractivity contribution in [1.29, 1.82) is 0 Å². The number of amides is 1. The molecule has 0 aliphatic heterocycles. The van der Waals surface area contributed by atoms with E-state index in [9.17, 15) is 9.59 Å². The van der Waals surface area contributed by atoms with Crippen molar-refractivity contribution >= 4 is 40.6 Å². The molecule has 0 saturated carbocycles. The minimum Gasteiger partial charge on any atom is -0.423 e. The molecule has 0 unspecified atom stereocenters. The fourth-order valence-electron chi connectivity index (χ4n) is 3.15. The number of fused-ring (bicyclic) bond motifs is 1. The van der Waals surface area contributed by atoms with Gasteiger partial charge < -0.3 is 21.5 Å². The quantitative estimate of drug-likeness (QED) is 0.157. The number of nitrogens with one attached hydrogen (secondary N) is 1. The predicted molar refractivity (Wildman–Crippen MR) is 138 cm³/mol. The molecule has 188 valence electrons. The zero-order valence-electron chi connectivity index (χ0n) is 18.9. The van der Waals surface area contributed by atoms with Gasteiger partial charge in [0.25, 0.3) is 5.91 Å². The van der Waals surface area contributed by atoms with Gasteiger partial charge in [-0.1, -0.05) is 43.8 Å². The molecule has 0 aliphatic carbocycles. The van der Waals surface area contributed by atoms with E-state index in [0.29, 0.717) is 34.8 Å². The monoisotopic (exact) mass is 499 g/mol. The van der Waals surface area contributed by atoms with Gasteiger partial charge in [-0.2, -0.15) is 9.59 Å². The van der Waals surface area contributed by atoms with E-state index >= 15 is 0 Å². The Morgan fingerprint density at radius 1 is 0.919 bits per heavy atom. The van der Waals surface area contributed by atoms with Crippen molar-refractivity contribution in [1.82, 2.24) is 10.3 Å². The van der Waals surface area contributed by atoms with Crippen LogP contribution in [0.2, 0.25) is 0 Å². The van der Waals surface area contributed by atoms with Gasteiger partial charge in [-0.05, 0) is 54.1 Å². The van der Waals surface area contributed by atoms with Crippen LogP contribution in [-0.4, -0.2) is 29.0 Å². The summed E-state index contributed by atoms with van der Waals surface area (Å²) in [6, 6.07) is 24.5. The number of hydrogen-bond acceptors (Lipinski definition) is 7. The van der Waals surface area contributed by atoms with Crippen LogP contribution in [0.5, 0.6) is 5.75 Å². The Hall–Kier alpha value is -5.34. The molecule has 10 nitrogen and oxygen atoms in total. The summed E-state index contributed by atoms with van der Waals surface area (Å²) in [5, 5.41) is 3.60. The van der Waals surface area contributed by atoms with E-state index < -0.39 is 5.97 Å². The first-order valence-electron chi connectivity index (χ1n) is 10.5. The Labute approximate surface area is 213 Å². The van der Waals surface area contributed by atoms with E-state index in [2.05, 4.69) is 15.3 Å². The van der Waals surface area contributed by atoms with Gasteiger partial charge in [0.05, 0.1) is 16.8 Å². The first kappa shape index (κ1) is 27.9. The van der Waals surface area contributed by atoms with Crippen molar-refractivity contribution in [2.75, 3.05) is 0 Å². The number of aromatic nitrogens is 1. The highest BCUT2D eigenvalue weighted by Crippen LogP contribution is 2.22. The lowest BCUT2D eigenvalue weighted by Gasteiger charge is -2.08. The number of ether oxygens (including phenoxy) is 1. The summed E-state index contributed by atoms with van der Waals surface area (Å²) in [5.41, 5.74) is 13.5. The highest BCUT2D eigenvalue weighted by molar-refractivity contribution is 5.95. The van der Waals surface area contributed by atoms with E-state index in [1.54, 1.807) is 54.6 Å². The molecule has 5 N–H and O–H groups in total. The summed E-state index contributed by atoms with van der Waals surface area (Å²) in [6.07, 6.45) is 0.250. The van der Waals surface area contributed by atoms with Crippen molar-refractivity contribution in [2.45, 2.75) is 14.0 Å². The number of nitrogens with zero attached hydrogens (tertiary/aromatic N) is 2. The maximum Gasteiger partial charge on any atom is 0.373 e. The van der Waals surface area contributed by atoms with Crippen LogP contribution in [0.15, 0.2) is 89.9 Å². The van der Waals surface area contributed by atoms with Gasteiger partial charge in [0.2, 0.25) is 0 Å². The highest BCUT2D eigenvalue weighted by atomic mass is 16.5. The minimum atomic E-state index is -0.518. The summed E-state index contributed by atoms with van der Waals surface area (Å²) in [7, 11) is 0. The van der Waals surface area contributed by atoms with Crippen molar-refractivity contribution in [3.63, 3.8) is 0 Å². The van der Waals surface area contributed by atoms with Crippen molar-refractivity contribution in [3.05, 3.63) is 102 Å². The molecule has 37 heavy (non-hydrogen) atoms. The molecule has 0 fully saturated rings. The lowest BCUT2D eigenvalue weighted by atomic mass is 10.1. The molecular weight excluding hydrogens is 474 g/mol. The molecule has 1 amide bonds. The molecule has 0 atom stereocenters. The van der Waals surface area contributed by atoms with E-state index in [4.69, 9.17) is 25.8 Å². The van der Waals surface area contributed by atoms with Gasteiger partial charge in [0, 0.05) is 11.9 Å². The zero-order chi connectivity index (χ0) is 25.9. The molecule has 4 rings (SSSR count). The second kappa shape index (κ2) is 13.5. The second-order valence-electron chi connectivity index (χ2n) is 7.28. The summed E-state index contributed by atoms with van der Waals surface area (Å²) in [5.74, 6) is -0.480. The Morgan fingerprint density at radius 3 is 2.24 bits per heavy atom. The van der Waals surface area contributed by atoms with Crippen LogP contribution in [0.25, 0.3) is 10.9 Å². The highest BCUT2D eigenvalue weighted by Gasteiger charge is 2.11. The molecule has 0 aliphatic rings. The number of aliphatic imine (C=N–C) groups is 1. The average molecular weight is 500 g/mol. The molecule has 4 aromatic rings. The van der Waals surface area contributed by atoms with Gasteiger partial charge in [0.15, 0.2) is 5.96 Å². The SMILES string of the molecule is C.NC(N)=Nc1ccc(C(=O)Oc2ccc3nc(C(=O)NCc4ccccc4)ccc3c2)cc1.O=C=O. The standard InChI is InChI=1S/C25H21N5O3.CO2.CH4/c26-25(27)29-19-9-6-17(7-10-19)24(32)33-20-11-13-21-18(14-20)8-12-22(30-21)23(31)28-15-16-4-2-1-3-5-16;2-1-3;/h1-14H,15H2,(H,28,31)(H4,26,27,29);;1H4. The Bertz CT molecular complexity index is 1430. The van der Waals surface area contributed by atoms with E-state index in [0.717, 1.165) is 10.9 Å². The summed E-state index contributed by atoms with van der Waals surface area (Å²) < 4.78 is 5.46. The number of carbonyl (C=O) groups excluding carboxylic acids is 4. The van der Waals surface area contributed by atoms with E-state index in [1.165, 1.54) is 0 Å². The van der Waals surface area contributed by atoms with Crippen LogP contribution in [0.3, 0.4) is 0 Å². The largest absolute Gasteiger partial charge is 0.423 e. The van der Waals surface area contributed by atoms with Crippen LogP contribution >= 0.6 is 0 Å². The molecule has 10 heteroatoms. The number of rotatable bonds is 6. The number of nitrogens with two attached hydrogens (primary N) is 2. The van der Waals surface area contributed by atoms with E-state index in [-0.39, 0.29) is 25.4 Å². The number of esters is 1. The molecule has 0 bridgehead atoms. The summed E-state index contributed by atoms with van der Waals surface area (Å²) in [6.45, 7) is 0.418. The van der Waals surface area contributed by atoms with Crippen LogP contribution in [0.4, 0.5) is 5.69 Å². The molecule has 1 heterocycles. The zero-order valence-corrected chi connectivity index (χ0v) is 18.9. The number of benzene rings is 3. The van der Waals surface area contributed by atoms with Crippen molar-refractivity contribution in [3.8, 4) is 5.75 Å². The second-order valence-corrected chi connectivity index (χ2v) is 7.28. The van der Waals surface area contributed by atoms with Gasteiger partial charge in [-0.15, -0.1) is 0 Å². The van der Waals surface area contributed by atoms with Crippen LogP contribution in [-0.2, 0) is 16.1 Å². The fraction of sp³-hybridized carbons (Fsp3) is 0.0741. The Balaban J connectivity index is 0.00000115. The Kier molecular flexibility index (Phi) is 10.2. The number of guanidine groups is 1. The van der Waals surface area contributed by atoms with Gasteiger partial charge in [-0.25, -0.2) is 14.8 Å². The van der Waals surface area contributed by atoms with Gasteiger partial charge in [-0.3, -0.25) is 4.79 Å². The van der Waals surface area contributed by atoms with Crippen molar-refractivity contribution in [2.24, 2.45) is 16.5 Å². The number of pyridine rings is 1. The van der Waals surface area contributed by atoms with Gasteiger partial charge >= 0.3 is 12.1 Å². The smallest absolute Gasteiger partial charge is 0.373 e. The lowest BCUT2D eigenvalue weighted by molar-refractivity contribution is -0.191. The first-order chi connectivity index (χ1) is 17.4. The first-order valence-corrected chi connectivity index (χ1v) is 10.5. The van der Waals surface area contributed by atoms with E-state index in [1.807, 2.05) is 30.3 Å². The third-order valence-electron chi connectivity index (χ3n) is 4.76. The molecule has 0 spiro atoms. The minimum absolute atomic E-state index is 0. The number of hydrogen-bond donors (Lipinski definition) is 3. The van der Waals surface area contributed by atoms with Crippen LogP contribution in [0.1, 0.15) is 33.8 Å². The molecule has 3 aromatic carbocycles. The predicted octanol–water partition coefficient (Wildman–Crippen LogP) is 3.34. The average Bonchev–Trinajstić information content (AvgIpc) is 2.88. The van der Waals surface area contributed by atoms with Crippen molar-refractivity contribution < 1.29 is 23.9 Å². The van der Waals surface area contributed by atoms with Gasteiger partial charge in [0.1, 0.15) is 11.4 Å². The topological polar surface area (TPSA) is 167 Å². The third kappa shape index (κ3) is 8.13. The fourth-order valence-corrected chi connectivity index (χ4v) is 3.15.